The molecule has 0 saturated carbocycles. The highest BCUT2D eigenvalue weighted by Crippen LogP contribution is 2.26. The minimum absolute atomic E-state index is 0.461. The second-order valence-electron chi connectivity index (χ2n) is 3.73. The number of hydrogen-bond acceptors (Lipinski definition) is 3. The van der Waals surface area contributed by atoms with E-state index >= 15 is 0 Å². The molecule has 0 aliphatic carbocycles. The van der Waals surface area contributed by atoms with Crippen LogP contribution in [-0.4, -0.2) is 9.36 Å². The van der Waals surface area contributed by atoms with Crippen LogP contribution in [0, 0.1) is 0 Å². The molecule has 0 atom stereocenters. The lowest BCUT2D eigenvalue weighted by Gasteiger charge is -2.01. The van der Waals surface area contributed by atoms with E-state index in [4.69, 9.17) is 0 Å². The Balaban J connectivity index is 2.63. The number of hydrogen-bond donors (Lipinski definition) is 0. The van der Waals surface area contributed by atoms with Crippen molar-refractivity contribution in [2.45, 2.75) is 33.1 Å². The Hall–Kier alpha value is -0.960. The van der Waals surface area contributed by atoms with Crippen molar-refractivity contribution < 1.29 is 0 Å². The molecule has 0 bridgehead atoms. The molecule has 2 aromatic heterocycles. The lowest BCUT2D eigenvalue weighted by molar-refractivity contribution is 0.845. The first-order valence-corrected chi connectivity index (χ1v) is 5.75. The third-order valence-corrected chi connectivity index (χ3v) is 3.12. The van der Waals surface area contributed by atoms with Gasteiger partial charge < -0.3 is 0 Å². The van der Waals surface area contributed by atoms with Gasteiger partial charge in [0.2, 0.25) is 0 Å². The number of nitrogens with zero attached hydrogens (tertiary/aromatic N) is 2. The second kappa shape index (κ2) is 3.65. The Morgan fingerprint density at radius 1 is 1.36 bits per heavy atom. The van der Waals surface area contributed by atoms with Crippen molar-refractivity contribution in [1.82, 2.24) is 9.36 Å². The summed E-state index contributed by atoms with van der Waals surface area (Å²) in [5.74, 6) is 0.461. The van der Waals surface area contributed by atoms with Gasteiger partial charge in [0.05, 0.1) is 10.4 Å². The second-order valence-corrected chi connectivity index (χ2v) is 4.53. The predicted octanol–water partition coefficient (Wildman–Crippen LogP) is 3.38. The lowest BCUT2D eigenvalue weighted by atomic mass is 10.1. The van der Waals surface area contributed by atoms with Crippen LogP contribution in [0.3, 0.4) is 0 Å². The van der Waals surface area contributed by atoms with E-state index in [0.717, 1.165) is 23.3 Å². The molecule has 14 heavy (non-hydrogen) atoms. The molecule has 2 nitrogen and oxygen atoms in total. The fourth-order valence-corrected chi connectivity index (χ4v) is 2.32. The molecule has 0 aromatic carbocycles. The summed E-state index contributed by atoms with van der Waals surface area (Å²) < 4.78 is 5.65. The van der Waals surface area contributed by atoms with Crippen LogP contribution >= 0.6 is 11.5 Å². The van der Waals surface area contributed by atoms with Crippen molar-refractivity contribution in [3.05, 3.63) is 23.5 Å². The van der Waals surface area contributed by atoms with Gasteiger partial charge in [-0.05, 0) is 36.0 Å². The number of rotatable bonds is 2. The topological polar surface area (TPSA) is 25.8 Å². The smallest absolute Gasteiger partial charge is 0.105 e. The van der Waals surface area contributed by atoms with Crippen molar-refractivity contribution in [2.24, 2.45) is 0 Å². The maximum Gasteiger partial charge on any atom is 0.105 e. The standard InChI is InChI=1S/C11H14N2S/c1-4-8-5-6-9-11(12-8)10(7(2)3)13-14-9/h5-7H,4H2,1-3H3. The van der Waals surface area contributed by atoms with Crippen LogP contribution in [0.4, 0.5) is 0 Å². The molecule has 3 heteroatoms. The molecule has 0 amide bonds. The first kappa shape index (κ1) is 9.59. The fraction of sp³-hybridized carbons (Fsp3) is 0.455. The van der Waals surface area contributed by atoms with Crippen molar-refractivity contribution in [2.75, 3.05) is 0 Å². The highest BCUT2D eigenvalue weighted by Gasteiger charge is 2.10. The molecular weight excluding hydrogens is 192 g/mol. The summed E-state index contributed by atoms with van der Waals surface area (Å²) >= 11 is 1.55. The molecule has 2 heterocycles. The van der Waals surface area contributed by atoms with Crippen LogP contribution in [0.1, 0.15) is 38.1 Å². The Labute approximate surface area is 88.2 Å². The zero-order chi connectivity index (χ0) is 10.1. The minimum atomic E-state index is 0.461. The van der Waals surface area contributed by atoms with Crippen LogP contribution < -0.4 is 0 Å². The van der Waals surface area contributed by atoms with E-state index in [0.29, 0.717) is 5.92 Å². The van der Waals surface area contributed by atoms with Gasteiger partial charge in [0, 0.05) is 5.69 Å². The van der Waals surface area contributed by atoms with E-state index in [1.807, 2.05) is 0 Å². The van der Waals surface area contributed by atoms with Gasteiger partial charge in [0.25, 0.3) is 0 Å². The van der Waals surface area contributed by atoms with Crippen molar-refractivity contribution >= 4 is 21.7 Å². The molecule has 0 spiro atoms. The van der Waals surface area contributed by atoms with E-state index in [1.165, 1.54) is 4.70 Å². The monoisotopic (exact) mass is 206 g/mol. The van der Waals surface area contributed by atoms with Gasteiger partial charge in [-0.15, -0.1) is 0 Å². The molecule has 74 valence electrons. The van der Waals surface area contributed by atoms with Crippen LogP contribution in [0.15, 0.2) is 12.1 Å². The Morgan fingerprint density at radius 3 is 2.79 bits per heavy atom. The van der Waals surface area contributed by atoms with Crippen molar-refractivity contribution in [1.29, 1.82) is 0 Å². The van der Waals surface area contributed by atoms with Crippen LogP contribution in [0.2, 0.25) is 0 Å². The molecule has 0 unspecified atom stereocenters. The summed E-state index contributed by atoms with van der Waals surface area (Å²) in [5.41, 5.74) is 3.39. The van der Waals surface area contributed by atoms with Gasteiger partial charge in [-0.1, -0.05) is 20.8 Å². The number of fused-ring (bicyclic) bond motifs is 1. The number of pyridine rings is 1. The van der Waals surface area contributed by atoms with Crippen LogP contribution in [0.25, 0.3) is 10.2 Å². The normalized spacial score (nSPS) is 11.4. The van der Waals surface area contributed by atoms with Gasteiger partial charge in [0.15, 0.2) is 0 Å². The van der Waals surface area contributed by atoms with Gasteiger partial charge >= 0.3 is 0 Å². The highest BCUT2D eigenvalue weighted by atomic mass is 32.1. The molecule has 0 saturated heterocycles. The maximum absolute atomic E-state index is 4.62. The SMILES string of the molecule is CCc1ccc2snc(C(C)C)c2n1. The van der Waals surface area contributed by atoms with Crippen LogP contribution in [-0.2, 0) is 6.42 Å². The average molecular weight is 206 g/mol. The van der Waals surface area contributed by atoms with E-state index < -0.39 is 0 Å². The van der Waals surface area contributed by atoms with Gasteiger partial charge in [0.1, 0.15) is 5.52 Å². The minimum Gasteiger partial charge on any atom is -0.250 e. The fourth-order valence-electron chi connectivity index (χ4n) is 1.46. The number of aromatic nitrogens is 2. The summed E-state index contributed by atoms with van der Waals surface area (Å²) in [5, 5.41) is 0. The molecule has 2 aromatic rings. The summed E-state index contributed by atoms with van der Waals surface area (Å²) in [6, 6.07) is 4.22. The molecule has 0 N–H and O–H groups in total. The maximum atomic E-state index is 4.62. The Kier molecular flexibility index (Phi) is 2.50. The Morgan fingerprint density at radius 2 is 2.14 bits per heavy atom. The van der Waals surface area contributed by atoms with Crippen LogP contribution in [0.5, 0.6) is 0 Å². The molecule has 0 radical (unpaired) electrons. The zero-order valence-corrected chi connectivity index (χ0v) is 9.56. The van der Waals surface area contributed by atoms with Gasteiger partial charge in [-0.2, -0.15) is 4.37 Å². The Bertz CT molecular complexity index is 445. The third kappa shape index (κ3) is 1.52. The number of aryl methyl sites for hydroxylation is 1. The highest BCUT2D eigenvalue weighted by molar-refractivity contribution is 7.13. The van der Waals surface area contributed by atoms with E-state index in [9.17, 15) is 0 Å². The van der Waals surface area contributed by atoms with Gasteiger partial charge in [-0.25, -0.2) is 4.98 Å². The van der Waals surface area contributed by atoms with Gasteiger partial charge in [-0.3, -0.25) is 0 Å². The third-order valence-electron chi connectivity index (χ3n) is 2.31. The molecule has 2 rings (SSSR count). The largest absolute Gasteiger partial charge is 0.250 e. The summed E-state index contributed by atoms with van der Waals surface area (Å²) in [6.45, 7) is 6.45. The summed E-state index contributed by atoms with van der Waals surface area (Å²) in [7, 11) is 0. The predicted molar refractivity (Wildman–Crippen MR) is 60.9 cm³/mol. The first-order valence-electron chi connectivity index (χ1n) is 4.97. The van der Waals surface area contributed by atoms with E-state index in [2.05, 4.69) is 42.3 Å². The van der Waals surface area contributed by atoms with E-state index in [1.54, 1.807) is 11.5 Å². The van der Waals surface area contributed by atoms with E-state index in [-0.39, 0.29) is 0 Å². The van der Waals surface area contributed by atoms with Crippen molar-refractivity contribution in [3.63, 3.8) is 0 Å². The average Bonchev–Trinajstić information content (AvgIpc) is 2.59. The molecule has 0 aliphatic heterocycles. The quantitative estimate of drug-likeness (QED) is 0.752. The lowest BCUT2D eigenvalue weighted by Crippen LogP contribution is -1.91. The zero-order valence-electron chi connectivity index (χ0n) is 8.74. The summed E-state index contributed by atoms with van der Waals surface area (Å²) in [4.78, 5) is 4.62. The van der Waals surface area contributed by atoms with Crippen molar-refractivity contribution in [3.8, 4) is 0 Å². The summed E-state index contributed by atoms with van der Waals surface area (Å²) in [6.07, 6.45) is 0.989. The molecule has 0 aliphatic rings. The molecule has 0 fully saturated rings. The molecular formula is C11H14N2S. The first-order chi connectivity index (χ1) is 6.72.